The molecule has 0 N–H and O–H groups in total. The van der Waals surface area contributed by atoms with Crippen LogP contribution >= 0.6 is 0 Å². The van der Waals surface area contributed by atoms with Crippen molar-refractivity contribution in [2.45, 2.75) is 125 Å². The summed E-state index contributed by atoms with van der Waals surface area (Å²) in [7, 11) is 0. The van der Waals surface area contributed by atoms with Gasteiger partial charge in [-0.2, -0.15) is 0 Å². The van der Waals surface area contributed by atoms with E-state index >= 15 is 0 Å². The molecule has 0 aromatic rings. The average molecular weight is 690 g/mol. The van der Waals surface area contributed by atoms with Crippen molar-refractivity contribution in [1.82, 2.24) is 0 Å². The summed E-state index contributed by atoms with van der Waals surface area (Å²) in [5.41, 5.74) is -2.74. The first-order valence-corrected chi connectivity index (χ1v) is 13.5. The molecular formula is C33H57CeO6. The molecule has 0 aromatic heterocycles. The van der Waals surface area contributed by atoms with E-state index in [4.69, 9.17) is 0 Å². The minimum atomic E-state index is -0.457. The fourth-order valence-electron chi connectivity index (χ4n) is 1.66. The molecule has 0 aliphatic rings. The number of hydrogen-bond donors (Lipinski definition) is 0. The molecule has 0 aliphatic heterocycles. The summed E-state index contributed by atoms with van der Waals surface area (Å²) < 4.78 is 0. The standard InChI is InChI=1S/3C11H19O2.Ce/c3*1-10(2,3)8(12)7-9(13)11(4,5)6;/h3*7H,1-6H3;/q3*-1;+3. The fraction of sp³-hybridized carbons (Fsp3) is 0.727. The Bertz CT molecular complexity index is 693. The van der Waals surface area contributed by atoms with Crippen molar-refractivity contribution < 1.29 is 70.5 Å². The van der Waals surface area contributed by atoms with Crippen molar-refractivity contribution in [3.05, 3.63) is 19.3 Å². The molecule has 0 spiro atoms. The largest absolute Gasteiger partial charge is 3.00 e. The van der Waals surface area contributed by atoms with Gasteiger partial charge in [0.05, 0.1) is 0 Å². The summed E-state index contributed by atoms with van der Waals surface area (Å²) in [4.78, 5) is 68.7. The summed E-state index contributed by atoms with van der Waals surface area (Å²) in [6, 6.07) is 0. The molecule has 0 fully saturated rings. The second-order valence-corrected chi connectivity index (χ2v) is 16.1. The third kappa shape index (κ3) is 21.7. The Morgan fingerprint density at radius 3 is 0.400 bits per heavy atom. The predicted molar refractivity (Wildman–Crippen MR) is 160 cm³/mol. The van der Waals surface area contributed by atoms with Gasteiger partial charge in [-0.25, -0.2) is 0 Å². The summed E-state index contributed by atoms with van der Waals surface area (Å²) in [6.07, 6.45) is 3.67. The maximum Gasteiger partial charge on any atom is 3.00 e. The molecule has 0 saturated heterocycles. The van der Waals surface area contributed by atoms with E-state index in [0.717, 1.165) is 0 Å². The van der Waals surface area contributed by atoms with Crippen LogP contribution in [0.5, 0.6) is 0 Å². The molecular weight excluding hydrogens is 632 g/mol. The quantitative estimate of drug-likeness (QED) is 0.215. The maximum absolute atomic E-state index is 11.4. The predicted octanol–water partition coefficient (Wildman–Crippen LogP) is 7.26. The van der Waals surface area contributed by atoms with E-state index in [2.05, 4.69) is 0 Å². The van der Waals surface area contributed by atoms with Crippen LogP contribution in [-0.4, -0.2) is 34.7 Å². The SMILES string of the molecule is CC(C)(C)C(=O)[CH-]C(=O)C(C)(C)C.CC(C)(C)C(=O)[CH-]C(=O)C(C)(C)C.CC(C)(C)C(=O)[CH-]C(=O)C(C)(C)C.[Ce+3]. The third-order valence-electron chi connectivity index (χ3n) is 5.22. The Hall–Kier alpha value is -0.993. The van der Waals surface area contributed by atoms with E-state index in [-0.39, 0.29) is 76.4 Å². The Kier molecular flexibility index (Phi) is 19.1. The van der Waals surface area contributed by atoms with Crippen LogP contribution in [0, 0.1) is 93.5 Å². The summed E-state index contributed by atoms with van der Waals surface area (Å²) in [6.45, 7) is 32.5. The molecule has 7 heteroatoms. The topological polar surface area (TPSA) is 102 Å². The first kappa shape index (κ1) is 46.0. The Balaban J connectivity index is -0.000000240. The zero-order valence-electron chi connectivity index (χ0n) is 28.7. The first-order valence-electron chi connectivity index (χ1n) is 13.5. The number of carbonyl (C=O) groups excluding carboxylic acids is 6. The van der Waals surface area contributed by atoms with Crippen LogP contribution in [0.15, 0.2) is 0 Å². The van der Waals surface area contributed by atoms with Crippen LogP contribution in [0.3, 0.4) is 0 Å². The van der Waals surface area contributed by atoms with E-state index in [1.54, 1.807) is 0 Å². The van der Waals surface area contributed by atoms with Crippen LogP contribution in [-0.2, 0) is 28.8 Å². The molecule has 40 heavy (non-hydrogen) atoms. The third-order valence-corrected chi connectivity index (χ3v) is 5.22. The smallest absolute Gasteiger partial charge is 0.333 e. The molecule has 0 aromatic carbocycles. The van der Waals surface area contributed by atoms with Crippen molar-refractivity contribution in [1.29, 1.82) is 0 Å². The number of carbonyl (C=O) groups is 6. The molecule has 6 nitrogen and oxygen atoms in total. The van der Waals surface area contributed by atoms with Crippen LogP contribution in [0.25, 0.3) is 0 Å². The molecule has 229 valence electrons. The Morgan fingerprint density at radius 2 is 0.350 bits per heavy atom. The van der Waals surface area contributed by atoms with Gasteiger partial charge in [-0.3, -0.25) is 19.3 Å². The number of rotatable bonds is 6. The van der Waals surface area contributed by atoms with Crippen molar-refractivity contribution in [3.8, 4) is 0 Å². The monoisotopic (exact) mass is 689 g/mol. The van der Waals surface area contributed by atoms with Crippen LogP contribution in [0.4, 0.5) is 0 Å². The van der Waals surface area contributed by atoms with E-state index in [1.165, 1.54) is 19.3 Å². The minimum Gasteiger partial charge on any atom is -0.333 e. The van der Waals surface area contributed by atoms with Gasteiger partial charge in [0.1, 0.15) is 0 Å². The zero-order valence-corrected chi connectivity index (χ0v) is 31.8. The van der Waals surface area contributed by atoms with Gasteiger partial charge in [-0.15, -0.1) is 0 Å². The van der Waals surface area contributed by atoms with Crippen molar-refractivity contribution >= 4 is 34.7 Å². The van der Waals surface area contributed by atoms with E-state index in [1.807, 2.05) is 125 Å². The van der Waals surface area contributed by atoms with Gasteiger partial charge >= 0.3 is 41.7 Å². The molecule has 0 atom stereocenters. The van der Waals surface area contributed by atoms with Gasteiger partial charge in [0.25, 0.3) is 0 Å². The number of hydrogen-bond acceptors (Lipinski definition) is 6. The van der Waals surface area contributed by atoms with Crippen LogP contribution in [0.1, 0.15) is 125 Å². The molecule has 0 bridgehead atoms. The molecule has 0 heterocycles. The van der Waals surface area contributed by atoms with Gasteiger partial charge in [-0.1, -0.05) is 125 Å². The van der Waals surface area contributed by atoms with Gasteiger partial charge in [-0.05, 0) is 32.5 Å². The van der Waals surface area contributed by atoms with Crippen molar-refractivity contribution in [2.24, 2.45) is 32.5 Å². The van der Waals surface area contributed by atoms with Crippen LogP contribution < -0.4 is 0 Å². The second kappa shape index (κ2) is 16.6. The van der Waals surface area contributed by atoms with Gasteiger partial charge < -0.3 is 28.8 Å². The molecule has 0 aliphatic carbocycles. The summed E-state index contributed by atoms with van der Waals surface area (Å²) >= 11 is 0. The van der Waals surface area contributed by atoms with Gasteiger partial charge in [0.2, 0.25) is 0 Å². The molecule has 1 radical (unpaired) electrons. The molecule has 0 rings (SSSR count). The average Bonchev–Trinajstić information content (AvgIpc) is 2.64. The Morgan fingerprint density at radius 1 is 0.275 bits per heavy atom. The van der Waals surface area contributed by atoms with E-state index in [0.29, 0.717) is 0 Å². The van der Waals surface area contributed by atoms with Gasteiger partial charge in [0.15, 0.2) is 0 Å². The zero-order chi connectivity index (χ0) is 32.6. The first-order chi connectivity index (χ1) is 16.6. The Labute approximate surface area is 279 Å². The molecule has 0 unspecified atom stereocenters. The second-order valence-electron chi connectivity index (χ2n) is 16.1. The molecule has 0 amide bonds. The van der Waals surface area contributed by atoms with Crippen LogP contribution in [0.2, 0.25) is 0 Å². The molecule has 0 saturated carbocycles. The summed E-state index contributed by atoms with van der Waals surface area (Å²) in [5, 5.41) is 0. The normalized spacial score (nSPS) is 12.2. The number of ketones is 6. The van der Waals surface area contributed by atoms with E-state index < -0.39 is 32.5 Å². The minimum absolute atomic E-state index is 0. The number of Topliss-reactive ketones (excluding diaryl/α,β-unsaturated/α-hetero) is 6. The van der Waals surface area contributed by atoms with E-state index in [9.17, 15) is 28.8 Å². The van der Waals surface area contributed by atoms with Crippen molar-refractivity contribution in [2.75, 3.05) is 0 Å². The summed E-state index contributed by atoms with van der Waals surface area (Å²) in [5.74, 6) is -0.625. The fourth-order valence-corrected chi connectivity index (χ4v) is 1.66. The van der Waals surface area contributed by atoms with Crippen molar-refractivity contribution in [3.63, 3.8) is 0 Å². The van der Waals surface area contributed by atoms with Gasteiger partial charge in [0, 0.05) is 34.7 Å². The maximum atomic E-state index is 11.4.